The van der Waals surface area contributed by atoms with E-state index in [4.69, 9.17) is 0 Å². The van der Waals surface area contributed by atoms with Crippen molar-refractivity contribution in [2.45, 2.75) is 44.3 Å². The molecule has 0 amide bonds. The van der Waals surface area contributed by atoms with Crippen LogP contribution in [0.3, 0.4) is 0 Å². The summed E-state index contributed by atoms with van der Waals surface area (Å²) in [6.07, 6.45) is 6.49. The van der Waals surface area contributed by atoms with Crippen LogP contribution in [0.15, 0.2) is 24.3 Å². The van der Waals surface area contributed by atoms with Gasteiger partial charge in [-0.15, -0.1) is 0 Å². The Morgan fingerprint density at radius 3 is 2.05 bits per heavy atom. The van der Waals surface area contributed by atoms with Gasteiger partial charge in [0.05, 0.1) is 8.07 Å². The molecule has 0 saturated heterocycles. The predicted molar refractivity (Wildman–Crippen MR) is 80.7 cm³/mol. The minimum Gasteiger partial charge on any atom is -0.303 e. The average molecular weight is 274 g/mol. The highest BCUT2D eigenvalue weighted by Crippen LogP contribution is 2.38. The van der Waals surface area contributed by atoms with E-state index in [1.165, 1.54) is 18.0 Å². The van der Waals surface area contributed by atoms with Crippen LogP contribution in [0, 0.1) is 5.92 Å². The van der Waals surface area contributed by atoms with Crippen molar-refractivity contribution < 1.29 is 9.59 Å². The quantitative estimate of drug-likeness (QED) is 0.624. The Labute approximate surface area is 116 Å². The largest absolute Gasteiger partial charge is 0.303 e. The van der Waals surface area contributed by atoms with E-state index in [9.17, 15) is 9.59 Å². The second-order valence-corrected chi connectivity index (χ2v) is 11.0. The number of rotatable bonds is 4. The van der Waals surface area contributed by atoms with Gasteiger partial charge < -0.3 is 4.79 Å². The van der Waals surface area contributed by atoms with Crippen LogP contribution in [-0.2, 0) is 4.79 Å². The van der Waals surface area contributed by atoms with Gasteiger partial charge in [-0.1, -0.05) is 55.4 Å². The third-order valence-electron chi connectivity index (χ3n) is 4.78. The van der Waals surface area contributed by atoms with Crippen LogP contribution >= 0.6 is 0 Å². The molecule has 2 rings (SSSR count). The minimum absolute atomic E-state index is 0.290. The number of hydrogen-bond acceptors (Lipinski definition) is 2. The highest BCUT2D eigenvalue weighted by molar-refractivity contribution is 6.91. The van der Waals surface area contributed by atoms with Gasteiger partial charge in [-0.2, -0.15) is 0 Å². The first-order valence-electron chi connectivity index (χ1n) is 7.09. The second kappa shape index (κ2) is 5.82. The summed E-state index contributed by atoms with van der Waals surface area (Å²) >= 11 is 0. The third-order valence-corrected chi connectivity index (χ3v) is 9.22. The number of benzene rings is 1. The zero-order valence-electron chi connectivity index (χ0n) is 11.8. The molecular formula is C16H22O2Si. The number of carbonyl (C=O) groups is 2. The van der Waals surface area contributed by atoms with Crippen LogP contribution in [0.1, 0.15) is 36.0 Å². The molecule has 0 unspecified atom stereocenters. The molecule has 1 aliphatic carbocycles. The molecular weight excluding hydrogens is 252 g/mol. The lowest BCUT2D eigenvalue weighted by molar-refractivity contribution is -0.111. The zero-order valence-corrected chi connectivity index (χ0v) is 12.8. The van der Waals surface area contributed by atoms with Crippen molar-refractivity contribution in [3.8, 4) is 0 Å². The molecule has 0 aromatic heterocycles. The Bertz CT molecular complexity index is 442. The van der Waals surface area contributed by atoms with Gasteiger partial charge in [-0.25, -0.2) is 0 Å². The summed E-state index contributed by atoms with van der Waals surface area (Å²) in [6, 6.07) is 8.10. The summed E-state index contributed by atoms with van der Waals surface area (Å²) in [6.45, 7) is 4.82. The molecule has 2 nitrogen and oxygen atoms in total. The summed E-state index contributed by atoms with van der Waals surface area (Å²) in [5, 5.41) is 1.42. The number of aldehydes is 2. The Hall–Kier alpha value is -1.22. The van der Waals surface area contributed by atoms with Crippen molar-refractivity contribution in [2.75, 3.05) is 0 Å². The second-order valence-electron chi connectivity index (χ2n) is 6.21. The van der Waals surface area contributed by atoms with Gasteiger partial charge in [0.2, 0.25) is 0 Å². The van der Waals surface area contributed by atoms with E-state index in [2.05, 4.69) is 25.2 Å². The molecule has 1 aromatic rings. The predicted octanol–water partition coefficient (Wildman–Crippen LogP) is 3.17. The zero-order chi connectivity index (χ0) is 13.9. The molecule has 1 aromatic carbocycles. The van der Waals surface area contributed by atoms with Crippen LogP contribution in [-0.4, -0.2) is 20.6 Å². The van der Waals surface area contributed by atoms with Crippen molar-refractivity contribution in [3.05, 3.63) is 29.8 Å². The van der Waals surface area contributed by atoms with Crippen molar-refractivity contribution >= 4 is 25.8 Å². The summed E-state index contributed by atoms with van der Waals surface area (Å²) in [7, 11) is -1.49. The molecule has 0 heterocycles. The van der Waals surface area contributed by atoms with Crippen molar-refractivity contribution in [2.24, 2.45) is 5.92 Å². The highest BCUT2D eigenvalue weighted by atomic mass is 28.3. The molecule has 19 heavy (non-hydrogen) atoms. The van der Waals surface area contributed by atoms with Gasteiger partial charge in [0.25, 0.3) is 0 Å². The van der Waals surface area contributed by atoms with E-state index in [1.807, 2.05) is 12.1 Å². The van der Waals surface area contributed by atoms with Gasteiger partial charge in [-0.05, 0) is 18.4 Å². The van der Waals surface area contributed by atoms with Gasteiger partial charge in [0.1, 0.15) is 12.6 Å². The maximum absolute atomic E-state index is 10.8. The van der Waals surface area contributed by atoms with Gasteiger partial charge in [0.15, 0.2) is 0 Å². The van der Waals surface area contributed by atoms with Crippen LogP contribution in [0.5, 0.6) is 0 Å². The van der Waals surface area contributed by atoms with Crippen LogP contribution in [0.2, 0.25) is 18.6 Å². The lowest BCUT2D eigenvalue weighted by Gasteiger charge is -2.37. The Balaban J connectivity index is 2.12. The lowest BCUT2D eigenvalue weighted by atomic mass is 9.90. The molecule has 0 N–H and O–H groups in total. The topological polar surface area (TPSA) is 34.1 Å². The van der Waals surface area contributed by atoms with Crippen molar-refractivity contribution in [1.29, 1.82) is 0 Å². The summed E-state index contributed by atoms with van der Waals surface area (Å²) in [5.41, 5.74) is 1.50. The maximum Gasteiger partial charge on any atom is 0.150 e. The molecule has 0 bridgehead atoms. The molecule has 1 aliphatic rings. The van der Waals surface area contributed by atoms with Gasteiger partial charge in [0, 0.05) is 11.5 Å². The maximum atomic E-state index is 10.8. The molecule has 1 saturated carbocycles. The Morgan fingerprint density at radius 1 is 1.00 bits per heavy atom. The molecule has 0 spiro atoms. The average Bonchev–Trinajstić information content (AvgIpc) is 2.47. The van der Waals surface area contributed by atoms with Crippen molar-refractivity contribution in [1.82, 2.24) is 0 Å². The molecule has 0 aliphatic heterocycles. The Kier molecular flexibility index (Phi) is 4.35. The third kappa shape index (κ3) is 3.03. The lowest BCUT2D eigenvalue weighted by Crippen LogP contribution is -2.47. The molecule has 1 fully saturated rings. The smallest absolute Gasteiger partial charge is 0.150 e. The number of carbonyl (C=O) groups excluding carboxylic acids is 2. The minimum atomic E-state index is -1.49. The first-order valence-corrected chi connectivity index (χ1v) is 10.2. The standard InChI is InChI=1S/C16H22O2Si/c1-19(2,15-7-3-13(11-17)4-8-15)16-9-5-14(12-18)6-10-16/h3-4,7-8,11-12,14,16H,5-6,9-10H2,1-2H3. The SMILES string of the molecule is C[Si](C)(c1ccc(C=O)cc1)C1CCC(C=O)CC1. The van der Waals surface area contributed by atoms with Gasteiger partial charge in [-0.3, -0.25) is 4.79 Å². The van der Waals surface area contributed by atoms with E-state index >= 15 is 0 Å². The fourth-order valence-corrected chi connectivity index (χ4v) is 6.48. The highest BCUT2D eigenvalue weighted by Gasteiger charge is 2.36. The number of hydrogen-bond donors (Lipinski definition) is 0. The van der Waals surface area contributed by atoms with Crippen LogP contribution in [0.25, 0.3) is 0 Å². The molecule has 3 heteroatoms. The summed E-state index contributed by atoms with van der Waals surface area (Å²) in [5.74, 6) is 0.290. The fourth-order valence-electron chi connectivity index (χ4n) is 3.20. The van der Waals surface area contributed by atoms with E-state index in [0.29, 0.717) is 5.92 Å². The van der Waals surface area contributed by atoms with E-state index in [1.54, 1.807) is 0 Å². The van der Waals surface area contributed by atoms with E-state index < -0.39 is 8.07 Å². The molecule has 0 radical (unpaired) electrons. The summed E-state index contributed by atoms with van der Waals surface area (Å²) in [4.78, 5) is 21.6. The molecule has 0 atom stereocenters. The van der Waals surface area contributed by atoms with Crippen molar-refractivity contribution in [3.63, 3.8) is 0 Å². The van der Waals surface area contributed by atoms with Crippen LogP contribution < -0.4 is 5.19 Å². The fraction of sp³-hybridized carbons (Fsp3) is 0.500. The Morgan fingerprint density at radius 2 is 1.58 bits per heavy atom. The monoisotopic (exact) mass is 274 g/mol. The normalized spacial score (nSPS) is 23.9. The molecule has 102 valence electrons. The summed E-state index contributed by atoms with van der Waals surface area (Å²) < 4.78 is 0. The first kappa shape index (κ1) is 14.2. The van der Waals surface area contributed by atoms with Crippen LogP contribution in [0.4, 0.5) is 0 Å². The van der Waals surface area contributed by atoms with Gasteiger partial charge >= 0.3 is 0 Å². The van der Waals surface area contributed by atoms with E-state index in [-0.39, 0.29) is 0 Å². The van der Waals surface area contributed by atoms with E-state index in [0.717, 1.165) is 36.5 Å². The first-order chi connectivity index (χ1) is 9.07.